The molecule has 1 aromatic carbocycles. The highest BCUT2D eigenvalue weighted by molar-refractivity contribution is 7.14. The zero-order valence-electron chi connectivity index (χ0n) is 17.6. The maximum atomic E-state index is 12.7. The Morgan fingerprint density at radius 3 is 2.61 bits per heavy atom. The van der Waals surface area contributed by atoms with E-state index < -0.39 is 5.91 Å². The molecule has 0 fully saturated rings. The van der Waals surface area contributed by atoms with Crippen molar-refractivity contribution in [3.63, 3.8) is 0 Å². The Morgan fingerprint density at radius 1 is 1.19 bits per heavy atom. The molecule has 2 heterocycles. The van der Waals surface area contributed by atoms with Crippen LogP contribution < -0.4 is 10.6 Å². The molecule has 0 bridgehead atoms. The SMILES string of the molecule is CC(=O)NC(C)c1ccc(-c2csc(NC(=O)c3oc4c(c3C)C(=O)CCC4)n2)cc1. The number of carbonyl (C=O) groups excluding carboxylic acids is 3. The van der Waals surface area contributed by atoms with Gasteiger partial charge < -0.3 is 9.73 Å². The van der Waals surface area contributed by atoms with Crippen LogP contribution in [0, 0.1) is 6.92 Å². The molecular formula is C23H23N3O4S. The van der Waals surface area contributed by atoms with Gasteiger partial charge in [0.2, 0.25) is 5.91 Å². The number of anilines is 1. The summed E-state index contributed by atoms with van der Waals surface area (Å²) in [6.45, 7) is 5.17. The van der Waals surface area contributed by atoms with Gasteiger partial charge in [0.05, 0.1) is 17.3 Å². The molecule has 2 aromatic heterocycles. The molecule has 2 amide bonds. The molecule has 1 aliphatic rings. The Kier molecular flexibility index (Phi) is 5.73. The summed E-state index contributed by atoms with van der Waals surface area (Å²) in [5, 5.41) is 7.96. The molecule has 0 saturated heterocycles. The van der Waals surface area contributed by atoms with Crippen molar-refractivity contribution in [3.05, 3.63) is 57.9 Å². The van der Waals surface area contributed by atoms with Gasteiger partial charge in [0, 0.05) is 36.3 Å². The Labute approximate surface area is 183 Å². The zero-order valence-corrected chi connectivity index (χ0v) is 18.4. The first-order valence-corrected chi connectivity index (χ1v) is 11.0. The Hall–Kier alpha value is -3.26. The van der Waals surface area contributed by atoms with Gasteiger partial charge >= 0.3 is 0 Å². The van der Waals surface area contributed by atoms with Crippen LogP contribution in [0.15, 0.2) is 34.1 Å². The largest absolute Gasteiger partial charge is 0.455 e. The van der Waals surface area contributed by atoms with Gasteiger partial charge in [-0.15, -0.1) is 11.3 Å². The fourth-order valence-corrected chi connectivity index (χ4v) is 4.53. The number of nitrogens with one attached hydrogen (secondary N) is 2. The fourth-order valence-electron chi connectivity index (χ4n) is 3.81. The number of rotatable bonds is 5. The number of fused-ring (bicyclic) bond motifs is 1. The van der Waals surface area contributed by atoms with E-state index in [9.17, 15) is 14.4 Å². The van der Waals surface area contributed by atoms with Gasteiger partial charge in [-0.2, -0.15) is 0 Å². The van der Waals surface area contributed by atoms with Crippen LogP contribution in [0.25, 0.3) is 11.3 Å². The number of ketones is 1. The first-order chi connectivity index (χ1) is 14.8. The second kappa shape index (κ2) is 8.47. The number of furan rings is 1. The summed E-state index contributed by atoms with van der Waals surface area (Å²) in [4.78, 5) is 40.6. The molecule has 8 heteroatoms. The van der Waals surface area contributed by atoms with Gasteiger partial charge in [-0.3, -0.25) is 19.7 Å². The van der Waals surface area contributed by atoms with E-state index >= 15 is 0 Å². The molecule has 0 spiro atoms. The molecule has 1 atom stereocenters. The third kappa shape index (κ3) is 4.29. The first-order valence-electron chi connectivity index (χ1n) is 10.1. The van der Waals surface area contributed by atoms with Crippen molar-refractivity contribution >= 4 is 34.1 Å². The van der Waals surface area contributed by atoms with Crippen molar-refractivity contribution in [2.24, 2.45) is 0 Å². The van der Waals surface area contributed by atoms with E-state index in [4.69, 9.17) is 4.42 Å². The molecule has 4 rings (SSSR count). The summed E-state index contributed by atoms with van der Waals surface area (Å²) < 4.78 is 5.71. The standard InChI is InChI=1S/C23H23N3O4S/c1-12-20-18(28)5-4-6-19(20)30-21(12)22(29)26-23-25-17(11-31-23)16-9-7-15(8-10-16)13(2)24-14(3)27/h7-11,13H,4-6H2,1-3H3,(H,24,27)(H,25,26,29). The quantitative estimate of drug-likeness (QED) is 0.603. The second-order valence-corrected chi connectivity index (χ2v) is 8.53. The van der Waals surface area contributed by atoms with Crippen LogP contribution in [-0.2, 0) is 11.2 Å². The summed E-state index contributed by atoms with van der Waals surface area (Å²) in [6, 6.07) is 7.68. The number of Topliss-reactive ketones (excluding diaryl/α,β-unsaturated/α-hetero) is 1. The first kappa shape index (κ1) is 21.0. The lowest BCUT2D eigenvalue weighted by atomic mass is 9.94. The van der Waals surface area contributed by atoms with Crippen molar-refractivity contribution in [2.75, 3.05) is 5.32 Å². The lowest BCUT2D eigenvalue weighted by molar-refractivity contribution is -0.119. The minimum absolute atomic E-state index is 0.0364. The van der Waals surface area contributed by atoms with Gasteiger partial charge in [-0.05, 0) is 25.8 Å². The number of amides is 2. The van der Waals surface area contributed by atoms with Crippen molar-refractivity contribution < 1.29 is 18.8 Å². The molecule has 3 aromatic rings. The van der Waals surface area contributed by atoms with Crippen molar-refractivity contribution in [1.82, 2.24) is 10.3 Å². The van der Waals surface area contributed by atoms with Gasteiger partial charge in [-0.1, -0.05) is 24.3 Å². The number of hydrogen-bond acceptors (Lipinski definition) is 6. The van der Waals surface area contributed by atoms with E-state index in [1.165, 1.54) is 18.3 Å². The summed E-state index contributed by atoms with van der Waals surface area (Å²) in [6.07, 6.45) is 1.91. The van der Waals surface area contributed by atoms with E-state index in [1.807, 2.05) is 36.6 Å². The van der Waals surface area contributed by atoms with Crippen molar-refractivity contribution in [1.29, 1.82) is 0 Å². The molecule has 31 heavy (non-hydrogen) atoms. The molecular weight excluding hydrogens is 414 g/mol. The molecule has 0 radical (unpaired) electrons. The van der Waals surface area contributed by atoms with E-state index in [0.29, 0.717) is 34.9 Å². The highest BCUT2D eigenvalue weighted by Crippen LogP contribution is 2.31. The van der Waals surface area contributed by atoms with E-state index in [1.54, 1.807) is 6.92 Å². The number of thiazole rings is 1. The Morgan fingerprint density at radius 2 is 1.94 bits per heavy atom. The molecule has 2 N–H and O–H groups in total. The maximum absolute atomic E-state index is 12.7. The molecule has 7 nitrogen and oxygen atoms in total. The maximum Gasteiger partial charge on any atom is 0.293 e. The van der Waals surface area contributed by atoms with Gasteiger partial charge in [0.15, 0.2) is 16.7 Å². The van der Waals surface area contributed by atoms with Crippen LogP contribution >= 0.6 is 11.3 Å². The predicted octanol–water partition coefficient (Wildman–Crippen LogP) is 4.68. The van der Waals surface area contributed by atoms with Crippen molar-refractivity contribution in [2.45, 2.75) is 46.1 Å². The Balaban J connectivity index is 1.48. The molecule has 0 saturated carbocycles. The summed E-state index contributed by atoms with van der Waals surface area (Å²) in [5.74, 6) is 0.337. The normalized spacial score (nSPS) is 14.1. The lowest BCUT2D eigenvalue weighted by Gasteiger charge is -2.12. The number of hydrogen-bond donors (Lipinski definition) is 2. The average molecular weight is 438 g/mol. The molecule has 160 valence electrons. The summed E-state index contributed by atoms with van der Waals surface area (Å²) in [7, 11) is 0. The summed E-state index contributed by atoms with van der Waals surface area (Å²) >= 11 is 1.32. The molecule has 1 unspecified atom stereocenters. The van der Waals surface area contributed by atoms with Crippen LogP contribution in [0.3, 0.4) is 0 Å². The van der Waals surface area contributed by atoms with Gasteiger partial charge in [-0.25, -0.2) is 4.98 Å². The van der Waals surface area contributed by atoms with Crippen LogP contribution in [0.5, 0.6) is 0 Å². The van der Waals surface area contributed by atoms with E-state index in [2.05, 4.69) is 15.6 Å². The monoisotopic (exact) mass is 437 g/mol. The third-order valence-electron chi connectivity index (χ3n) is 5.36. The molecule has 0 aliphatic heterocycles. The van der Waals surface area contributed by atoms with E-state index in [-0.39, 0.29) is 23.5 Å². The van der Waals surface area contributed by atoms with Crippen LogP contribution in [-0.4, -0.2) is 22.6 Å². The Bertz CT molecular complexity index is 1160. The number of aryl methyl sites for hydroxylation is 1. The van der Waals surface area contributed by atoms with Crippen LogP contribution in [0.1, 0.15) is 70.5 Å². The van der Waals surface area contributed by atoms with Crippen molar-refractivity contribution in [3.8, 4) is 11.3 Å². The number of aromatic nitrogens is 1. The number of carbonyl (C=O) groups is 3. The van der Waals surface area contributed by atoms with Gasteiger partial charge in [0.1, 0.15) is 5.76 Å². The van der Waals surface area contributed by atoms with E-state index in [0.717, 1.165) is 23.2 Å². The van der Waals surface area contributed by atoms with Crippen LogP contribution in [0.4, 0.5) is 5.13 Å². The smallest absolute Gasteiger partial charge is 0.293 e. The predicted molar refractivity (Wildman–Crippen MR) is 118 cm³/mol. The summed E-state index contributed by atoms with van der Waals surface area (Å²) in [5.41, 5.74) is 3.80. The molecule has 1 aliphatic carbocycles. The topological polar surface area (TPSA) is 101 Å². The highest BCUT2D eigenvalue weighted by Gasteiger charge is 2.29. The lowest BCUT2D eigenvalue weighted by Crippen LogP contribution is -2.23. The van der Waals surface area contributed by atoms with Crippen LogP contribution in [0.2, 0.25) is 0 Å². The zero-order chi connectivity index (χ0) is 22.1. The number of benzene rings is 1. The average Bonchev–Trinajstić information content (AvgIpc) is 3.33. The third-order valence-corrected chi connectivity index (χ3v) is 6.12. The second-order valence-electron chi connectivity index (χ2n) is 7.67. The highest BCUT2D eigenvalue weighted by atomic mass is 32.1. The minimum Gasteiger partial charge on any atom is -0.455 e. The number of nitrogens with zero attached hydrogens (tertiary/aromatic N) is 1. The fraction of sp³-hybridized carbons (Fsp3) is 0.304. The minimum atomic E-state index is -0.403. The van der Waals surface area contributed by atoms with Gasteiger partial charge in [0.25, 0.3) is 5.91 Å².